The van der Waals surface area contributed by atoms with Crippen LogP contribution in [0.25, 0.3) is 0 Å². The van der Waals surface area contributed by atoms with Crippen molar-refractivity contribution in [1.82, 2.24) is 0 Å². The Morgan fingerprint density at radius 1 is 1.08 bits per heavy atom. The smallest absolute Gasteiger partial charge is 0.393 e. The second-order valence-electron chi connectivity index (χ2n) is 11.3. The Kier molecular flexibility index (Phi) is 7.15. The summed E-state index contributed by atoms with van der Waals surface area (Å²) in [4.78, 5) is 0. The number of rotatable bonds is 5. The van der Waals surface area contributed by atoms with E-state index >= 15 is 0 Å². The van der Waals surface area contributed by atoms with Gasteiger partial charge in [0.25, 0.3) is 5.60 Å². The van der Waals surface area contributed by atoms with E-state index in [0.29, 0.717) is 30.4 Å². The highest BCUT2D eigenvalue weighted by Crippen LogP contribution is 2.67. The first-order valence-corrected chi connectivity index (χ1v) is 12.7. The van der Waals surface area contributed by atoms with Gasteiger partial charge >= 0.3 is 12.4 Å². The van der Waals surface area contributed by atoms with E-state index in [2.05, 4.69) is 19.6 Å². The van der Waals surface area contributed by atoms with Crippen molar-refractivity contribution in [3.8, 4) is 0 Å². The first kappa shape index (κ1) is 28.1. The molecule has 0 aromatic carbocycles. The van der Waals surface area contributed by atoms with Gasteiger partial charge < -0.3 is 10.2 Å². The number of fused-ring (bicyclic) bond motifs is 1. The molecule has 2 N–H and O–H groups in total. The lowest BCUT2D eigenvalue weighted by molar-refractivity contribution is -0.347. The molecular weight excluding hydrogens is 501 g/mol. The fourth-order valence-electron chi connectivity index (χ4n) is 6.61. The van der Waals surface area contributed by atoms with Gasteiger partial charge in [-0.2, -0.15) is 26.3 Å². The van der Waals surface area contributed by atoms with Gasteiger partial charge in [-0.1, -0.05) is 49.0 Å². The summed E-state index contributed by atoms with van der Waals surface area (Å²) in [6.45, 7) is 5.94. The van der Waals surface area contributed by atoms with E-state index in [9.17, 15) is 40.9 Å². The summed E-state index contributed by atoms with van der Waals surface area (Å²) in [5.74, 6) is 0.139. The van der Waals surface area contributed by atoms with E-state index in [1.807, 2.05) is 12.2 Å². The number of allylic oxidation sites excluding steroid dienone is 7. The molecule has 0 aromatic rings. The van der Waals surface area contributed by atoms with E-state index in [-0.39, 0.29) is 30.3 Å². The van der Waals surface area contributed by atoms with Gasteiger partial charge in [0.05, 0.1) is 6.10 Å². The highest BCUT2D eigenvalue weighted by molar-refractivity contribution is 5.42. The van der Waals surface area contributed by atoms with E-state index in [0.717, 1.165) is 37.3 Å². The van der Waals surface area contributed by atoms with Crippen molar-refractivity contribution < 1.29 is 40.9 Å². The second-order valence-corrected chi connectivity index (χ2v) is 11.3. The third-order valence-corrected chi connectivity index (χ3v) is 8.93. The Labute approximate surface area is 212 Å². The number of halogens is 7. The van der Waals surface area contributed by atoms with Gasteiger partial charge in [0.15, 0.2) is 0 Å². The summed E-state index contributed by atoms with van der Waals surface area (Å²) in [5, 5.41) is 19.4. The Balaban J connectivity index is 1.53. The molecule has 2 nitrogen and oxygen atoms in total. The van der Waals surface area contributed by atoms with E-state index < -0.39 is 35.6 Å². The fraction of sp³-hybridized carbons (Fsp3) is 0.643. The van der Waals surface area contributed by atoms with Crippen LogP contribution in [-0.4, -0.2) is 40.4 Å². The molecule has 9 heteroatoms. The van der Waals surface area contributed by atoms with Crippen LogP contribution in [0.15, 0.2) is 59.3 Å². The molecule has 0 amide bonds. The molecular formula is C28H33F7O2. The van der Waals surface area contributed by atoms with Crippen LogP contribution >= 0.6 is 0 Å². The number of alkyl halides is 7. The summed E-state index contributed by atoms with van der Waals surface area (Å²) in [6, 6.07) is 0. The number of aliphatic hydroxyl groups excluding tert-OH is 1. The zero-order valence-corrected chi connectivity index (χ0v) is 20.7. The van der Waals surface area contributed by atoms with Crippen molar-refractivity contribution in [3.63, 3.8) is 0 Å². The van der Waals surface area contributed by atoms with Crippen LogP contribution in [0.3, 0.4) is 0 Å². The molecule has 0 radical (unpaired) electrons. The summed E-state index contributed by atoms with van der Waals surface area (Å²) in [7, 11) is 0. The van der Waals surface area contributed by atoms with E-state index in [1.54, 1.807) is 0 Å². The van der Waals surface area contributed by atoms with Gasteiger partial charge in [-0.15, -0.1) is 0 Å². The van der Waals surface area contributed by atoms with Crippen molar-refractivity contribution in [1.29, 1.82) is 0 Å². The quantitative estimate of drug-likeness (QED) is 0.282. The molecule has 4 rings (SSSR count). The maximum atomic E-state index is 14.1. The van der Waals surface area contributed by atoms with Gasteiger partial charge in [0.1, 0.15) is 6.17 Å². The van der Waals surface area contributed by atoms with Crippen LogP contribution in [0.4, 0.5) is 30.7 Å². The number of hydrogen-bond donors (Lipinski definition) is 2. The van der Waals surface area contributed by atoms with Gasteiger partial charge in [0.2, 0.25) is 0 Å². The number of hydrogen-bond acceptors (Lipinski definition) is 2. The van der Waals surface area contributed by atoms with Crippen molar-refractivity contribution in [2.45, 2.75) is 94.9 Å². The van der Waals surface area contributed by atoms with Crippen molar-refractivity contribution in [3.05, 3.63) is 59.3 Å². The lowest BCUT2D eigenvalue weighted by Gasteiger charge is -2.43. The predicted octanol–water partition coefficient (Wildman–Crippen LogP) is 7.61. The van der Waals surface area contributed by atoms with Crippen LogP contribution in [0.2, 0.25) is 0 Å². The maximum Gasteiger partial charge on any atom is 0.429 e. The maximum absolute atomic E-state index is 14.1. The molecule has 4 aliphatic rings. The third-order valence-electron chi connectivity index (χ3n) is 8.93. The largest absolute Gasteiger partial charge is 0.429 e. The van der Waals surface area contributed by atoms with Gasteiger partial charge in [-0.3, -0.25) is 0 Å². The molecule has 206 valence electrons. The molecule has 0 bridgehead atoms. The summed E-state index contributed by atoms with van der Waals surface area (Å²) < 4.78 is 92.5. The summed E-state index contributed by atoms with van der Waals surface area (Å²) in [6.07, 6.45) is -2.17. The van der Waals surface area contributed by atoms with Crippen LogP contribution in [0.5, 0.6) is 0 Å². The van der Waals surface area contributed by atoms with E-state index in [1.165, 1.54) is 5.57 Å². The SMILES string of the molecule is C=C1/C(=C\C=C2/CCC[C@]3(C)C(C4(C/C=C\C(O)(C(F)(F)F)C(F)(F)F)CC4)=CCC23)CC(O)C[C@@H]1F. The molecule has 0 heterocycles. The van der Waals surface area contributed by atoms with Crippen LogP contribution in [0.1, 0.15) is 64.7 Å². The highest BCUT2D eigenvalue weighted by atomic mass is 19.4. The van der Waals surface area contributed by atoms with Crippen molar-refractivity contribution >= 4 is 0 Å². The molecule has 37 heavy (non-hydrogen) atoms. The topological polar surface area (TPSA) is 40.5 Å². The second kappa shape index (κ2) is 9.40. The normalized spacial score (nSPS) is 34.8. The zero-order chi connectivity index (χ0) is 27.4. The highest BCUT2D eigenvalue weighted by Gasteiger charge is 2.69. The molecule has 3 saturated carbocycles. The van der Waals surface area contributed by atoms with Crippen molar-refractivity contribution in [2.24, 2.45) is 16.7 Å². The average Bonchev–Trinajstić information content (AvgIpc) is 3.46. The number of aliphatic hydroxyl groups is 2. The van der Waals surface area contributed by atoms with Crippen LogP contribution in [-0.2, 0) is 0 Å². The fourth-order valence-corrected chi connectivity index (χ4v) is 6.61. The minimum Gasteiger partial charge on any atom is -0.393 e. The standard InChI is InChI=1S/C28H33F7O2/c1-17-19(15-20(36)16-22(17)29)7-6-18-5-3-10-24(2)21(18)8-9-23(24)25(13-14-25)11-4-12-26(37,27(30,31)32)28(33,34)35/h4,6-7,9,12,20-22,36-37H,1,3,5,8,10-11,13-16H2,2H3/b12-4-,18-6+,19-7-/t20?,21?,22-,24-/m0/s1. The molecule has 0 aromatic heterocycles. The van der Waals surface area contributed by atoms with Crippen LogP contribution in [0, 0.1) is 16.7 Å². The Hall–Kier alpha value is -1.87. The molecule has 0 spiro atoms. The van der Waals surface area contributed by atoms with Gasteiger partial charge in [-0.25, -0.2) is 4.39 Å². The summed E-state index contributed by atoms with van der Waals surface area (Å²) in [5.41, 5.74) is -2.33. The minimum absolute atomic E-state index is 0.00564. The monoisotopic (exact) mass is 534 g/mol. The summed E-state index contributed by atoms with van der Waals surface area (Å²) >= 11 is 0. The lowest BCUT2D eigenvalue weighted by atomic mass is 9.61. The molecule has 2 unspecified atom stereocenters. The molecule has 4 aliphatic carbocycles. The molecule has 4 atom stereocenters. The first-order valence-electron chi connectivity index (χ1n) is 12.7. The third kappa shape index (κ3) is 4.98. The Bertz CT molecular complexity index is 1030. The zero-order valence-electron chi connectivity index (χ0n) is 20.7. The Morgan fingerprint density at radius 3 is 2.32 bits per heavy atom. The molecule has 0 aliphatic heterocycles. The van der Waals surface area contributed by atoms with E-state index in [4.69, 9.17) is 0 Å². The molecule has 0 saturated heterocycles. The van der Waals surface area contributed by atoms with Gasteiger partial charge in [-0.05, 0) is 85.3 Å². The van der Waals surface area contributed by atoms with Gasteiger partial charge in [0, 0.05) is 6.42 Å². The molecule has 3 fully saturated rings. The van der Waals surface area contributed by atoms with Crippen molar-refractivity contribution in [2.75, 3.05) is 0 Å². The first-order chi connectivity index (χ1) is 17.0. The minimum atomic E-state index is -5.87. The lowest BCUT2D eigenvalue weighted by Crippen LogP contribution is -2.55. The van der Waals surface area contributed by atoms with Crippen LogP contribution < -0.4 is 0 Å². The Morgan fingerprint density at radius 2 is 1.73 bits per heavy atom. The average molecular weight is 535 g/mol. The predicted molar refractivity (Wildman–Crippen MR) is 126 cm³/mol.